The van der Waals surface area contributed by atoms with E-state index in [1.165, 1.54) is 6.07 Å². The van der Waals surface area contributed by atoms with Crippen LogP contribution in [0.2, 0.25) is 0 Å². The SMILES string of the molecule is N[C@@H]1CCCS(=O)(=O)c2cc(C(=O)Nc3ccnc4[nH]ncc34)ccc21. The predicted molar refractivity (Wildman–Crippen MR) is 96.5 cm³/mol. The van der Waals surface area contributed by atoms with Gasteiger partial charge in [0.1, 0.15) is 0 Å². The number of nitrogens with zero attached hydrogens (tertiary/aromatic N) is 2. The number of rotatable bonds is 2. The smallest absolute Gasteiger partial charge is 0.255 e. The summed E-state index contributed by atoms with van der Waals surface area (Å²) in [5, 5.41) is 10.1. The van der Waals surface area contributed by atoms with Gasteiger partial charge in [0.15, 0.2) is 15.5 Å². The number of H-pyrrole nitrogens is 1. The Kier molecular flexibility index (Phi) is 3.97. The lowest BCUT2D eigenvalue weighted by molar-refractivity contribution is 0.102. The molecule has 1 aliphatic rings. The number of nitrogens with one attached hydrogen (secondary N) is 2. The zero-order valence-electron chi connectivity index (χ0n) is 13.8. The van der Waals surface area contributed by atoms with Crippen molar-refractivity contribution in [3.63, 3.8) is 0 Å². The fraction of sp³-hybridized carbons (Fsp3) is 0.235. The second-order valence-corrected chi connectivity index (χ2v) is 8.34. The molecule has 0 radical (unpaired) electrons. The Labute approximate surface area is 149 Å². The van der Waals surface area contributed by atoms with Gasteiger partial charge in [0, 0.05) is 17.8 Å². The molecule has 4 rings (SSSR count). The lowest BCUT2D eigenvalue weighted by Gasteiger charge is -2.13. The molecule has 4 N–H and O–H groups in total. The molecule has 0 bridgehead atoms. The van der Waals surface area contributed by atoms with E-state index in [1.807, 2.05) is 0 Å². The number of amides is 1. The first-order valence-corrected chi connectivity index (χ1v) is 9.83. The maximum Gasteiger partial charge on any atom is 0.255 e. The molecule has 9 heteroatoms. The van der Waals surface area contributed by atoms with Crippen LogP contribution in [0, 0.1) is 0 Å². The minimum Gasteiger partial charge on any atom is -0.324 e. The Hall–Kier alpha value is -2.78. The van der Waals surface area contributed by atoms with Gasteiger partial charge in [-0.15, -0.1) is 0 Å². The van der Waals surface area contributed by atoms with Crippen LogP contribution in [0.15, 0.2) is 41.6 Å². The molecule has 26 heavy (non-hydrogen) atoms. The summed E-state index contributed by atoms with van der Waals surface area (Å²) in [6, 6.07) is 5.97. The van der Waals surface area contributed by atoms with Crippen LogP contribution in [-0.4, -0.2) is 35.3 Å². The highest BCUT2D eigenvalue weighted by atomic mass is 32.2. The first kappa shape index (κ1) is 16.7. The molecule has 0 saturated heterocycles. The van der Waals surface area contributed by atoms with Crippen molar-refractivity contribution < 1.29 is 13.2 Å². The minimum atomic E-state index is -3.45. The molecule has 3 heterocycles. The lowest BCUT2D eigenvalue weighted by Crippen LogP contribution is -2.16. The number of nitrogens with two attached hydrogens (primary N) is 1. The summed E-state index contributed by atoms with van der Waals surface area (Å²) in [5.41, 5.74) is 8.01. The monoisotopic (exact) mass is 371 g/mol. The van der Waals surface area contributed by atoms with Crippen LogP contribution in [0.3, 0.4) is 0 Å². The number of benzene rings is 1. The number of anilines is 1. The van der Waals surface area contributed by atoms with Crippen molar-refractivity contribution in [1.82, 2.24) is 15.2 Å². The van der Waals surface area contributed by atoms with Gasteiger partial charge in [-0.2, -0.15) is 5.10 Å². The number of hydrogen-bond donors (Lipinski definition) is 3. The third kappa shape index (κ3) is 2.85. The Morgan fingerprint density at radius 3 is 3.00 bits per heavy atom. The van der Waals surface area contributed by atoms with Gasteiger partial charge in [0.25, 0.3) is 5.91 Å². The van der Waals surface area contributed by atoms with Gasteiger partial charge in [-0.1, -0.05) is 6.07 Å². The Bertz CT molecular complexity index is 1110. The zero-order valence-corrected chi connectivity index (χ0v) is 14.6. The summed E-state index contributed by atoms with van der Waals surface area (Å²) in [4.78, 5) is 16.9. The Morgan fingerprint density at radius 1 is 1.31 bits per heavy atom. The number of carbonyl (C=O) groups excluding carboxylic acids is 1. The van der Waals surface area contributed by atoms with Gasteiger partial charge >= 0.3 is 0 Å². The Balaban J connectivity index is 1.71. The number of fused-ring (bicyclic) bond motifs is 2. The van der Waals surface area contributed by atoms with Crippen LogP contribution >= 0.6 is 0 Å². The van der Waals surface area contributed by atoms with Crippen LogP contribution in [-0.2, 0) is 9.84 Å². The van der Waals surface area contributed by atoms with Crippen molar-refractivity contribution in [2.45, 2.75) is 23.8 Å². The van der Waals surface area contributed by atoms with Crippen molar-refractivity contribution in [3.8, 4) is 0 Å². The van der Waals surface area contributed by atoms with E-state index < -0.39 is 15.7 Å². The first-order valence-electron chi connectivity index (χ1n) is 8.17. The standard InChI is InChI=1S/C17H17N5O3S/c18-13-2-1-7-26(24,25)15-8-10(3-4-11(13)15)17(23)21-14-5-6-19-16-12(14)9-20-22-16/h3-6,8-9,13H,1-2,7,18H2,(H2,19,20,21,22,23)/t13-/m1/s1. The summed E-state index contributed by atoms with van der Waals surface area (Å²) < 4.78 is 25.0. The molecule has 1 aromatic carbocycles. The summed E-state index contributed by atoms with van der Waals surface area (Å²) in [7, 11) is -3.45. The number of sulfone groups is 1. The van der Waals surface area contributed by atoms with Gasteiger partial charge in [-0.3, -0.25) is 9.89 Å². The Morgan fingerprint density at radius 2 is 2.15 bits per heavy atom. The van der Waals surface area contributed by atoms with E-state index in [0.717, 1.165) is 0 Å². The van der Waals surface area contributed by atoms with Crippen molar-refractivity contribution in [2.24, 2.45) is 5.73 Å². The first-order chi connectivity index (χ1) is 12.5. The highest BCUT2D eigenvalue weighted by Gasteiger charge is 2.27. The summed E-state index contributed by atoms with van der Waals surface area (Å²) in [6.07, 6.45) is 4.23. The fourth-order valence-corrected chi connectivity index (χ4v) is 4.82. The van der Waals surface area contributed by atoms with Crippen LogP contribution in [0.25, 0.3) is 11.0 Å². The summed E-state index contributed by atoms with van der Waals surface area (Å²) in [6.45, 7) is 0. The average Bonchev–Trinajstić information content (AvgIpc) is 3.06. The molecule has 0 aliphatic carbocycles. The van der Waals surface area contributed by atoms with E-state index >= 15 is 0 Å². The molecule has 2 aromatic heterocycles. The lowest BCUT2D eigenvalue weighted by atomic mass is 10.0. The molecule has 0 spiro atoms. The number of carbonyl (C=O) groups is 1. The highest BCUT2D eigenvalue weighted by Crippen LogP contribution is 2.31. The zero-order chi connectivity index (χ0) is 18.3. The molecule has 3 aromatic rings. The largest absolute Gasteiger partial charge is 0.324 e. The van der Waals surface area contributed by atoms with Crippen molar-refractivity contribution in [1.29, 1.82) is 0 Å². The van der Waals surface area contributed by atoms with Crippen molar-refractivity contribution in [2.75, 3.05) is 11.1 Å². The summed E-state index contributed by atoms with van der Waals surface area (Å²) >= 11 is 0. The summed E-state index contributed by atoms with van der Waals surface area (Å²) in [5.74, 6) is -0.367. The molecular weight excluding hydrogens is 354 g/mol. The average molecular weight is 371 g/mol. The van der Waals surface area contributed by atoms with Gasteiger partial charge in [-0.05, 0) is 36.6 Å². The topological polar surface area (TPSA) is 131 Å². The molecule has 8 nitrogen and oxygen atoms in total. The van der Waals surface area contributed by atoms with E-state index in [9.17, 15) is 13.2 Å². The van der Waals surface area contributed by atoms with E-state index in [0.29, 0.717) is 35.1 Å². The van der Waals surface area contributed by atoms with E-state index in [1.54, 1.807) is 30.6 Å². The molecule has 0 unspecified atom stereocenters. The minimum absolute atomic E-state index is 0.0404. The van der Waals surface area contributed by atoms with Gasteiger partial charge in [0.2, 0.25) is 0 Å². The predicted octanol–water partition coefficient (Wildman–Crippen LogP) is 1.78. The van der Waals surface area contributed by atoms with E-state index in [-0.39, 0.29) is 22.3 Å². The third-order valence-corrected chi connectivity index (χ3v) is 6.39. The van der Waals surface area contributed by atoms with Gasteiger partial charge in [0.05, 0.1) is 27.9 Å². The molecule has 1 atom stereocenters. The second-order valence-electron chi connectivity index (χ2n) is 6.27. The van der Waals surface area contributed by atoms with Crippen LogP contribution in [0.1, 0.15) is 34.8 Å². The molecule has 0 saturated carbocycles. The maximum atomic E-state index is 12.7. The van der Waals surface area contributed by atoms with Crippen molar-refractivity contribution in [3.05, 3.63) is 47.8 Å². The maximum absolute atomic E-state index is 12.7. The number of pyridine rings is 1. The number of aromatic amines is 1. The third-order valence-electron chi connectivity index (χ3n) is 4.54. The molecule has 0 fully saturated rings. The molecule has 134 valence electrons. The van der Waals surface area contributed by atoms with E-state index in [4.69, 9.17) is 5.73 Å². The number of aromatic nitrogens is 3. The molecule has 1 aliphatic heterocycles. The quantitative estimate of drug-likeness (QED) is 0.629. The van der Waals surface area contributed by atoms with Crippen LogP contribution in [0.4, 0.5) is 5.69 Å². The van der Waals surface area contributed by atoms with E-state index in [2.05, 4.69) is 20.5 Å². The van der Waals surface area contributed by atoms with Crippen LogP contribution in [0.5, 0.6) is 0 Å². The number of hydrogen-bond acceptors (Lipinski definition) is 6. The highest BCUT2D eigenvalue weighted by molar-refractivity contribution is 7.91. The normalized spacial score (nSPS) is 18.9. The second kappa shape index (κ2) is 6.19. The van der Waals surface area contributed by atoms with Crippen LogP contribution < -0.4 is 11.1 Å². The fourth-order valence-electron chi connectivity index (χ4n) is 3.16. The molecular formula is C17H17N5O3S. The van der Waals surface area contributed by atoms with Gasteiger partial charge in [-0.25, -0.2) is 13.4 Å². The van der Waals surface area contributed by atoms with Gasteiger partial charge < -0.3 is 11.1 Å². The molecule has 1 amide bonds. The van der Waals surface area contributed by atoms with Crippen molar-refractivity contribution >= 4 is 32.5 Å².